The molecule has 0 amide bonds. The van der Waals surface area contributed by atoms with Crippen LogP contribution in [0.25, 0.3) is 0 Å². The number of rotatable bonds is 7. The van der Waals surface area contributed by atoms with Crippen LogP contribution in [0.5, 0.6) is 0 Å². The van der Waals surface area contributed by atoms with Gasteiger partial charge in [0, 0.05) is 38.6 Å². The fourth-order valence-corrected chi connectivity index (χ4v) is 1.50. The lowest BCUT2D eigenvalue weighted by Gasteiger charge is -2.21. The Kier molecular flexibility index (Phi) is 6.00. The highest BCUT2D eigenvalue weighted by molar-refractivity contribution is 5.09. The topological polar surface area (TPSA) is 39.6 Å². The van der Waals surface area contributed by atoms with Crippen molar-refractivity contribution >= 4 is 0 Å². The minimum absolute atomic E-state index is 0.227. The second-order valence-corrected chi connectivity index (χ2v) is 4.12. The molecule has 0 aliphatic rings. The fourth-order valence-electron chi connectivity index (χ4n) is 1.50. The van der Waals surface area contributed by atoms with Crippen molar-refractivity contribution in [2.45, 2.75) is 6.54 Å². The number of likely N-dealkylation sites (N-methyl/N-ethyl adjacent to an activating group) is 2. The van der Waals surface area contributed by atoms with Crippen molar-refractivity contribution < 1.29 is 5.11 Å². The molecule has 16 heavy (non-hydrogen) atoms. The van der Waals surface area contributed by atoms with Gasteiger partial charge in [-0.25, -0.2) is 0 Å². The van der Waals surface area contributed by atoms with Gasteiger partial charge in [-0.1, -0.05) is 0 Å². The predicted molar refractivity (Wildman–Crippen MR) is 65.2 cm³/mol. The molecule has 0 atom stereocenters. The summed E-state index contributed by atoms with van der Waals surface area (Å²) >= 11 is 0. The molecule has 4 nitrogen and oxygen atoms in total. The first-order valence-corrected chi connectivity index (χ1v) is 5.59. The van der Waals surface area contributed by atoms with Gasteiger partial charge in [0.2, 0.25) is 0 Å². The van der Waals surface area contributed by atoms with Crippen molar-refractivity contribution in [3.8, 4) is 0 Å². The molecule has 0 fully saturated rings. The van der Waals surface area contributed by atoms with Crippen molar-refractivity contribution in [1.82, 2.24) is 14.8 Å². The standard InChI is InChI=1S/C12H21N3O/c1-14(9-10-16)7-8-15(2)11-12-3-5-13-6-4-12/h3-6,16H,7-11H2,1-2H3. The lowest BCUT2D eigenvalue weighted by atomic mass is 10.2. The Hall–Kier alpha value is -0.970. The Morgan fingerprint density at radius 2 is 1.69 bits per heavy atom. The molecular formula is C12H21N3O. The van der Waals surface area contributed by atoms with Gasteiger partial charge >= 0.3 is 0 Å². The van der Waals surface area contributed by atoms with Crippen LogP contribution >= 0.6 is 0 Å². The Labute approximate surface area is 97.5 Å². The van der Waals surface area contributed by atoms with Crippen LogP contribution in [-0.4, -0.2) is 60.2 Å². The van der Waals surface area contributed by atoms with Gasteiger partial charge in [-0.2, -0.15) is 0 Å². The van der Waals surface area contributed by atoms with Gasteiger partial charge in [-0.05, 0) is 31.8 Å². The molecule has 1 aromatic heterocycles. The number of hydrogen-bond acceptors (Lipinski definition) is 4. The van der Waals surface area contributed by atoms with Crippen molar-refractivity contribution in [1.29, 1.82) is 0 Å². The van der Waals surface area contributed by atoms with Crippen LogP contribution in [-0.2, 0) is 6.54 Å². The van der Waals surface area contributed by atoms with Crippen LogP contribution in [0.3, 0.4) is 0 Å². The summed E-state index contributed by atoms with van der Waals surface area (Å²) in [5.74, 6) is 0. The van der Waals surface area contributed by atoms with Crippen molar-refractivity contribution in [3.63, 3.8) is 0 Å². The first-order valence-electron chi connectivity index (χ1n) is 5.59. The number of aromatic nitrogens is 1. The van der Waals surface area contributed by atoms with Gasteiger partial charge in [-0.3, -0.25) is 4.98 Å². The van der Waals surface area contributed by atoms with Gasteiger partial charge in [0.15, 0.2) is 0 Å². The third-order valence-electron chi connectivity index (χ3n) is 2.55. The van der Waals surface area contributed by atoms with Gasteiger partial charge < -0.3 is 14.9 Å². The van der Waals surface area contributed by atoms with Crippen molar-refractivity contribution in [3.05, 3.63) is 30.1 Å². The van der Waals surface area contributed by atoms with E-state index in [-0.39, 0.29) is 6.61 Å². The average Bonchev–Trinajstić information content (AvgIpc) is 2.28. The number of aliphatic hydroxyl groups is 1. The summed E-state index contributed by atoms with van der Waals surface area (Å²) in [7, 11) is 4.13. The molecule has 1 N–H and O–H groups in total. The Bertz CT molecular complexity index is 279. The van der Waals surface area contributed by atoms with Gasteiger partial charge in [-0.15, -0.1) is 0 Å². The Balaban J connectivity index is 2.23. The highest BCUT2D eigenvalue weighted by Crippen LogP contribution is 2.00. The maximum atomic E-state index is 8.77. The zero-order valence-electron chi connectivity index (χ0n) is 10.1. The van der Waals surface area contributed by atoms with E-state index < -0.39 is 0 Å². The molecule has 1 heterocycles. The average molecular weight is 223 g/mol. The highest BCUT2D eigenvalue weighted by atomic mass is 16.3. The van der Waals surface area contributed by atoms with Crippen LogP contribution < -0.4 is 0 Å². The quantitative estimate of drug-likeness (QED) is 0.728. The molecule has 4 heteroatoms. The lowest BCUT2D eigenvalue weighted by Crippen LogP contribution is -2.32. The van der Waals surface area contributed by atoms with E-state index in [4.69, 9.17) is 5.11 Å². The molecule has 0 bridgehead atoms. The van der Waals surface area contributed by atoms with E-state index in [0.29, 0.717) is 0 Å². The zero-order chi connectivity index (χ0) is 11.8. The van der Waals surface area contributed by atoms with Gasteiger partial charge in [0.1, 0.15) is 0 Å². The molecule has 0 aromatic carbocycles. The normalized spacial score (nSPS) is 11.3. The fraction of sp³-hybridized carbons (Fsp3) is 0.583. The van der Waals surface area contributed by atoms with Crippen LogP contribution in [0.1, 0.15) is 5.56 Å². The monoisotopic (exact) mass is 223 g/mol. The predicted octanol–water partition coefficient (Wildman–Crippen LogP) is 0.437. The Morgan fingerprint density at radius 1 is 1.06 bits per heavy atom. The first-order chi connectivity index (χ1) is 7.72. The summed E-state index contributed by atoms with van der Waals surface area (Å²) in [6, 6.07) is 4.07. The molecule has 0 saturated carbocycles. The van der Waals surface area contributed by atoms with E-state index in [1.165, 1.54) is 5.56 Å². The van der Waals surface area contributed by atoms with E-state index in [0.717, 1.165) is 26.2 Å². The second kappa shape index (κ2) is 7.33. The molecule has 0 aliphatic heterocycles. The largest absolute Gasteiger partial charge is 0.395 e. The first kappa shape index (κ1) is 13.1. The van der Waals surface area contributed by atoms with Crippen LogP contribution in [0.2, 0.25) is 0 Å². The van der Waals surface area contributed by atoms with E-state index in [1.807, 2.05) is 31.6 Å². The third-order valence-corrected chi connectivity index (χ3v) is 2.55. The van der Waals surface area contributed by atoms with Crippen LogP contribution in [0.15, 0.2) is 24.5 Å². The SMILES string of the molecule is CN(CCO)CCN(C)Cc1ccncc1. The van der Waals surface area contributed by atoms with E-state index in [9.17, 15) is 0 Å². The van der Waals surface area contributed by atoms with Crippen LogP contribution in [0.4, 0.5) is 0 Å². The van der Waals surface area contributed by atoms with E-state index in [2.05, 4.69) is 21.8 Å². The van der Waals surface area contributed by atoms with Gasteiger partial charge in [0.05, 0.1) is 6.61 Å². The number of nitrogens with zero attached hydrogens (tertiary/aromatic N) is 3. The van der Waals surface area contributed by atoms with Crippen molar-refractivity contribution in [2.24, 2.45) is 0 Å². The maximum absolute atomic E-state index is 8.77. The minimum atomic E-state index is 0.227. The lowest BCUT2D eigenvalue weighted by molar-refractivity contribution is 0.200. The number of hydrogen-bond donors (Lipinski definition) is 1. The molecule has 0 radical (unpaired) electrons. The molecule has 1 aromatic rings. The molecule has 0 unspecified atom stereocenters. The molecule has 90 valence electrons. The number of pyridine rings is 1. The molecule has 0 saturated heterocycles. The van der Waals surface area contributed by atoms with Gasteiger partial charge in [0.25, 0.3) is 0 Å². The molecule has 0 aliphatic carbocycles. The smallest absolute Gasteiger partial charge is 0.0558 e. The summed E-state index contributed by atoms with van der Waals surface area (Å²) in [6.07, 6.45) is 3.64. The van der Waals surface area contributed by atoms with Crippen LogP contribution in [0, 0.1) is 0 Å². The highest BCUT2D eigenvalue weighted by Gasteiger charge is 2.02. The molecule has 1 rings (SSSR count). The summed E-state index contributed by atoms with van der Waals surface area (Å²) in [5.41, 5.74) is 1.28. The second-order valence-electron chi connectivity index (χ2n) is 4.12. The van der Waals surface area contributed by atoms with Crippen molar-refractivity contribution in [2.75, 3.05) is 40.3 Å². The summed E-state index contributed by atoms with van der Waals surface area (Å²) < 4.78 is 0. The summed E-state index contributed by atoms with van der Waals surface area (Å²) in [6.45, 7) is 3.88. The third kappa shape index (κ3) is 5.21. The minimum Gasteiger partial charge on any atom is -0.395 e. The summed E-state index contributed by atoms with van der Waals surface area (Å²) in [4.78, 5) is 8.39. The zero-order valence-corrected chi connectivity index (χ0v) is 10.1. The Morgan fingerprint density at radius 3 is 2.31 bits per heavy atom. The maximum Gasteiger partial charge on any atom is 0.0558 e. The number of aliphatic hydroxyl groups excluding tert-OH is 1. The summed E-state index contributed by atoms with van der Waals surface area (Å²) in [5, 5.41) is 8.77. The molecule has 0 spiro atoms. The van der Waals surface area contributed by atoms with E-state index >= 15 is 0 Å². The van der Waals surface area contributed by atoms with E-state index in [1.54, 1.807) is 0 Å². The molecular weight excluding hydrogens is 202 g/mol.